The molecule has 31 heavy (non-hydrogen) atoms. The van der Waals surface area contributed by atoms with Crippen molar-refractivity contribution in [2.75, 3.05) is 0 Å². The maximum Gasteiger partial charge on any atom is 0.405 e. The van der Waals surface area contributed by atoms with Gasteiger partial charge in [0.15, 0.2) is 6.10 Å². The average molecular weight is 465 g/mol. The summed E-state index contributed by atoms with van der Waals surface area (Å²) in [4.78, 5) is 51.0. The third kappa shape index (κ3) is 3.23. The monoisotopic (exact) mass is 465 g/mol. The maximum atomic E-state index is 13.8. The molecule has 4 rings (SSSR count). The van der Waals surface area contributed by atoms with Gasteiger partial charge in [-0.05, 0) is 32.1 Å². The van der Waals surface area contributed by atoms with E-state index in [1.165, 1.54) is 0 Å². The normalized spacial score (nSPS) is 35.3. The third-order valence-corrected chi connectivity index (χ3v) is 7.78. The van der Waals surface area contributed by atoms with Crippen LogP contribution in [0.1, 0.15) is 33.1 Å². The highest BCUT2D eigenvalue weighted by atomic mass is 32.2. The number of hydrogen-bond donors (Lipinski definition) is 1. The lowest BCUT2D eigenvalue weighted by Crippen LogP contribution is -2.49. The van der Waals surface area contributed by atoms with E-state index in [9.17, 15) is 36.4 Å². The Hall–Kier alpha value is -2.15. The van der Waals surface area contributed by atoms with Gasteiger partial charge in [-0.2, -0.15) is 17.2 Å². The van der Waals surface area contributed by atoms with Crippen LogP contribution in [-0.4, -0.2) is 65.1 Å². The molecule has 0 spiro atoms. The van der Waals surface area contributed by atoms with E-state index in [0.717, 1.165) is 11.8 Å². The largest absolute Gasteiger partial charge is 0.460 e. The predicted octanol–water partition coefficient (Wildman–Crippen LogP) is 0.360. The van der Waals surface area contributed by atoms with E-state index in [-0.39, 0.29) is 12.3 Å². The fourth-order valence-corrected chi connectivity index (χ4v) is 5.70. The first kappa shape index (κ1) is 22.1. The topological polar surface area (TPSA) is 144 Å². The number of hydrogen-bond acceptors (Lipinski definition) is 8. The zero-order valence-electron chi connectivity index (χ0n) is 16.6. The lowest BCUT2D eigenvalue weighted by Gasteiger charge is -2.33. The Morgan fingerprint density at radius 1 is 1.19 bits per heavy atom. The molecular formula is C18H21F2NO9S. The van der Waals surface area contributed by atoms with Crippen molar-refractivity contribution in [2.45, 2.75) is 56.6 Å². The molecule has 1 heterocycles. The fourth-order valence-electron chi connectivity index (χ4n) is 5.23. The molecule has 0 aromatic rings. The molecule has 7 atom stereocenters. The highest BCUT2D eigenvalue weighted by Crippen LogP contribution is 2.60. The molecule has 3 saturated carbocycles. The second-order valence-corrected chi connectivity index (χ2v) is 10.1. The summed E-state index contributed by atoms with van der Waals surface area (Å²) in [6.45, 7) is 1.77. The number of halogens is 2. The van der Waals surface area contributed by atoms with Crippen LogP contribution in [0.2, 0.25) is 0 Å². The number of imide groups is 1. The van der Waals surface area contributed by atoms with Crippen molar-refractivity contribution >= 4 is 33.9 Å². The van der Waals surface area contributed by atoms with Crippen molar-refractivity contribution < 1.29 is 50.4 Å². The number of esters is 2. The zero-order valence-corrected chi connectivity index (χ0v) is 17.4. The predicted molar refractivity (Wildman–Crippen MR) is 94.5 cm³/mol. The highest BCUT2D eigenvalue weighted by molar-refractivity contribution is 7.86. The van der Waals surface area contributed by atoms with Crippen molar-refractivity contribution in [1.29, 1.82) is 0 Å². The van der Waals surface area contributed by atoms with E-state index < -0.39 is 81.0 Å². The average Bonchev–Trinajstić information content (AvgIpc) is 3.29. The number of alkyl halides is 2. The molecule has 1 N–H and O–H groups in total. The first-order valence-corrected chi connectivity index (χ1v) is 11.3. The molecule has 7 unspecified atom stereocenters. The highest BCUT2D eigenvalue weighted by Gasteiger charge is 2.72. The van der Waals surface area contributed by atoms with Gasteiger partial charge in [-0.1, -0.05) is 0 Å². The Morgan fingerprint density at radius 2 is 1.81 bits per heavy atom. The summed E-state index contributed by atoms with van der Waals surface area (Å²) in [6.07, 6.45) is -1.96. The second kappa shape index (κ2) is 6.92. The quantitative estimate of drug-likeness (QED) is 0.434. The summed E-state index contributed by atoms with van der Waals surface area (Å²) in [5, 5.41) is -4.76. The molecule has 4 aliphatic rings. The van der Waals surface area contributed by atoms with Crippen LogP contribution in [0.25, 0.3) is 0 Å². The fraction of sp³-hybridized carbons (Fsp3) is 0.778. The van der Waals surface area contributed by atoms with Crippen LogP contribution in [0.5, 0.6) is 0 Å². The number of nitrogens with zero attached hydrogens (tertiary/aromatic N) is 1. The molecule has 0 aromatic heterocycles. The molecule has 172 valence electrons. The van der Waals surface area contributed by atoms with Gasteiger partial charge in [-0.15, -0.1) is 0 Å². The number of ether oxygens (including phenoxy) is 2. The maximum absolute atomic E-state index is 13.8. The van der Waals surface area contributed by atoms with Crippen molar-refractivity contribution in [3.05, 3.63) is 0 Å². The smallest absolute Gasteiger partial charge is 0.405 e. The number of carbonyl (C=O) groups is 4. The summed E-state index contributed by atoms with van der Waals surface area (Å²) in [5.41, 5.74) is 0. The van der Waals surface area contributed by atoms with Crippen LogP contribution < -0.4 is 0 Å². The minimum Gasteiger partial charge on any atom is -0.460 e. The molecule has 0 aromatic carbocycles. The van der Waals surface area contributed by atoms with Crippen LogP contribution in [0, 0.1) is 29.6 Å². The van der Waals surface area contributed by atoms with Crippen molar-refractivity contribution in [3.8, 4) is 0 Å². The van der Waals surface area contributed by atoms with Crippen LogP contribution >= 0.6 is 0 Å². The van der Waals surface area contributed by atoms with E-state index in [2.05, 4.69) is 4.74 Å². The van der Waals surface area contributed by atoms with Gasteiger partial charge in [-0.25, -0.2) is 0 Å². The number of amides is 2. The number of carbonyl (C=O) groups excluding carboxylic acids is 4. The van der Waals surface area contributed by atoms with Crippen molar-refractivity contribution in [2.24, 2.45) is 29.6 Å². The Labute approximate surface area is 176 Å². The first-order valence-electron chi connectivity index (χ1n) is 9.86. The Bertz CT molecular complexity index is 963. The summed E-state index contributed by atoms with van der Waals surface area (Å²) in [6, 6.07) is -0.733. The van der Waals surface area contributed by atoms with E-state index in [1.54, 1.807) is 0 Å². The van der Waals surface area contributed by atoms with Crippen molar-refractivity contribution in [1.82, 2.24) is 4.90 Å². The Kier molecular flexibility index (Phi) is 4.93. The zero-order chi connectivity index (χ0) is 23.0. The lowest BCUT2D eigenvalue weighted by atomic mass is 9.78. The van der Waals surface area contributed by atoms with E-state index in [4.69, 9.17) is 9.29 Å². The van der Waals surface area contributed by atoms with E-state index >= 15 is 0 Å². The van der Waals surface area contributed by atoms with Gasteiger partial charge in [0, 0.05) is 12.8 Å². The second-order valence-electron chi connectivity index (χ2n) is 8.62. The van der Waals surface area contributed by atoms with E-state index in [1.807, 2.05) is 0 Å². The van der Waals surface area contributed by atoms with Gasteiger partial charge < -0.3 is 9.47 Å². The minimum atomic E-state index is -5.85. The standard InChI is InChI=1S/C18H21F2NO9S/c1-6(18(19,20)31(26,27)28)29-17(25)12-10-5-9-11(12)15(23)21(7(2)22)13(9)14(10)30-16(24)8-3-4-8/h6,8-14H,3-5H2,1-2H3,(H,26,27,28). The first-order chi connectivity index (χ1) is 14.3. The van der Waals surface area contributed by atoms with Crippen LogP contribution in [0.4, 0.5) is 8.78 Å². The molecule has 0 radical (unpaired) electrons. The molecular weight excluding hydrogens is 444 g/mol. The van der Waals surface area contributed by atoms with Gasteiger partial charge in [0.05, 0.1) is 23.8 Å². The molecule has 13 heteroatoms. The summed E-state index contributed by atoms with van der Waals surface area (Å²) < 4.78 is 68.4. The summed E-state index contributed by atoms with van der Waals surface area (Å²) in [7, 11) is -5.85. The van der Waals surface area contributed by atoms with Gasteiger partial charge in [0.25, 0.3) is 0 Å². The van der Waals surface area contributed by atoms with E-state index in [0.29, 0.717) is 19.8 Å². The molecule has 10 nitrogen and oxygen atoms in total. The third-order valence-electron chi connectivity index (χ3n) is 6.76. The number of fused-ring (bicyclic) bond motifs is 1. The van der Waals surface area contributed by atoms with Crippen LogP contribution in [0.15, 0.2) is 0 Å². The van der Waals surface area contributed by atoms with Crippen LogP contribution in [0.3, 0.4) is 0 Å². The molecule has 1 aliphatic heterocycles. The van der Waals surface area contributed by atoms with Crippen LogP contribution in [-0.2, 0) is 38.8 Å². The summed E-state index contributed by atoms with van der Waals surface area (Å²) >= 11 is 0. The lowest BCUT2D eigenvalue weighted by molar-refractivity contribution is -0.174. The molecule has 1 saturated heterocycles. The molecule has 2 bridgehead atoms. The Morgan fingerprint density at radius 3 is 2.32 bits per heavy atom. The minimum absolute atomic E-state index is 0.246. The number of likely N-dealkylation sites (tertiary alicyclic amines) is 1. The molecule has 2 amide bonds. The summed E-state index contributed by atoms with van der Waals surface area (Å²) in [5.74, 6) is -6.86. The van der Waals surface area contributed by atoms with Crippen molar-refractivity contribution in [3.63, 3.8) is 0 Å². The SMILES string of the molecule is CC(=O)N1C(=O)C2C3CC(C(OC(=O)C4CC4)C31)C2C(=O)OC(C)C(F)(F)S(=O)(=O)O. The number of rotatable bonds is 6. The Balaban J connectivity index is 1.61. The molecule has 3 aliphatic carbocycles. The van der Waals surface area contributed by atoms with Gasteiger partial charge in [0.2, 0.25) is 11.8 Å². The van der Waals surface area contributed by atoms with Gasteiger partial charge in [0.1, 0.15) is 6.10 Å². The van der Waals surface area contributed by atoms with Gasteiger partial charge in [-0.3, -0.25) is 28.6 Å². The molecule has 4 fully saturated rings. The van der Waals surface area contributed by atoms with Gasteiger partial charge >= 0.3 is 27.3 Å².